The summed E-state index contributed by atoms with van der Waals surface area (Å²) in [5.74, 6) is 0.00798. The van der Waals surface area contributed by atoms with Gasteiger partial charge in [-0.3, -0.25) is 19.3 Å². The normalized spacial score (nSPS) is 16.7. The molecule has 3 heterocycles. The van der Waals surface area contributed by atoms with Crippen LogP contribution in [0.15, 0.2) is 24.4 Å². The molecule has 2 amide bonds. The molecule has 1 fully saturated rings. The first kappa shape index (κ1) is 18.1. The molecule has 1 unspecified atom stereocenters. The Hall–Kier alpha value is -2.70. The molecule has 1 aliphatic heterocycles. The fourth-order valence-electron chi connectivity index (χ4n) is 3.39. The van der Waals surface area contributed by atoms with Gasteiger partial charge < -0.3 is 10.2 Å². The van der Waals surface area contributed by atoms with Crippen LogP contribution in [-0.2, 0) is 22.7 Å². The summed E-state index contributed by atoms with van der Waals surface area (Å²) in [6, 6.07) is 5.90. The minimum atomic E-state index is -0.0641. The Morgan fingerprint density at radius 2 is 2.12 bits per heavy atom. The molecule has 0 saturated carbocycles. The lowest BCUT2D eigenvalue weighted by molar-refractivity contribution is -0.133. The highest BCUT2D eigenvalue weighted by atomic mass is 16.2. The zero-order valence-electron chi connectivity index (χ0n) is 15.5. The first-order valence-corrected chi connectivity index (χ1v) is 8.94. The van der Waals surface area contributed by atoms with Crippen LogP contribution in [0.25, 0.3) is 0 Å². The van der Waals surface area contributed by atoms with Crippen LogP contribution in [0.3, 0.4) is 0 Å². The minimum Gasteiger partial charge on any atom is -0.352 e. The fourth-order valence-corrected chi connectivity index (χ4v) is 3.39. The van der Waals surface area contributed by atoms with Gasteiger partial charge in [-0.15, -0.1) is 0 Å². The molecule has 3 rings (SSSR count). The molecule has 0 aromatic carbocycles. The smallest absolute Gasteiger partial charge is 0.244 e. The van der Waals surface area contributed by atoms with E-state index in [9.17, 15) is 9.59 Å². The average molecular weight is 355 g/mol. The summed E-state index contributed by atoms with van der Waals surface area (Å²) >= 11 is 0. The number of likely N-dealkylation sites (tertiary alicyclic amines) is 1. The molecule has 7 nitrogen and oxygen atoms in total. The molecule has 138 valence electrons. The maximum absolute atomic E-state index is 12.8. The fraction of sp³-hybridized carbons (Fsp3) is 0.474. The number of hydrogen-bond acceptors (Lipinski definition) is 4. The molecule has 2 aromatic rings. The largest absolute Gasteiger partial charge is 0.352 e. The van der Waals surface area contributed by atoms with Crippen molar-refractivity contribution in [1.82, 2.24) is 25.0 Å². The van der Waals surface area contributed by atoms with Gasteiger partial charge in [0.15, 0.2) is 0 Å². The lowest BCUT2D eigenvalue weighted by Crippen LogP contribution is -2.34. The number of nitrogens with one attached hydrogen (secondary N) is 1. The summed E-state index contributed by atoms with van der Waals surface area (Å²) in [5, 5.41) is 7.14. The molecular weight excluding hydrogens is 330 g/mol. The number of pyridine rings is 1. The molecule has 26 heavy (non-hydrogen) atoms. The topological polar surface area (TPSA) is 80.1 Å². The number of aryl methyl sites for hydroxylation is 2. The third-order valence-electron chi connectivity index (χ3n) is 4.69. The lowest BCUT2D eigenvalue weighted by atomic mass is 10.1. The van der Waals surface area contributed by atoms with E-state index >= 15 is 0 Å². The van der Waals surface area contributed by atoms with Gasteiger partial charge in [0.1, 0.15) is 6.54 Å². The molecule has 0 bridgehead atoms. The highest BCUT2D eigenvalue weighted by Crippen LogP contribution is 2.31. The van der Waals surface area contributed by atoms with Crippen LogP contribution in [0.2, 0.25) is 0 Å². The zero-order chi connectivity index (χ0) is 18.7. The maximum atomic E-state index is 12.8. The summed E-state index contributed by atoms with van der Waals surface area (Å²) in [7, 11) is 0. The van der Waals surface area contributed by atoms with Crippen molar-refractivity contribution in [3.8, 4) is 0 Å². The maximum Gasteiger partial charge on any atom is 0.244 e. The second kappa shape index (κ2) is 7.68. The second-order valence-electron chi connectivity index (χ2n) is 6.83. The molecule has 1 saturated heterocycles. The standard InChI is InChI=1S/C19H25N5O2/c1-13-9-14(2)24(22-13)12-19(26)23-8-4-5-18(23)17-7-6-16(11-21-17)10-20-15(3)25/h6-7,9,11,18H,4-5,8,10,12H2,1-3H3,(H,20,25). The van der Waals surface area contributed by atoms with E-state index in [4.69, 9.17) is 0 Å². The van der Waals surface area contributed by atoms with E-state index in [0.29, 0.717) is 6.54 Å². The van der Waals surface area contributed by atoms with Crippen molar-refractivity contribution < 1.29 is 9.59 Å². The SMILES string of the molecule is CC(=O)NCc1ccc(C2CCCN2C(=O)Cn2nc(C)cc2C)nc1. The minimum absolute atomic E-state index is 0.00859. The Bertz CT molecular complexity index is 797. The van der Waals surface area contributed by atoms with Crippen LogP contribution in [0, 0.1) is 13.8 Å². The van der Waals surface area contributed by atoms with Crippen LogP contribution < -0.4 is 5.32 Å². The van der Waals surface area contributed by atoms with Crippen molar-refractivity contribution in [1.29, 1.82) is 0 Å². The van der Waals surface area contributed by atoms with Gasteiger partial charge in [-0.05, 0) is 44.4 Å². The Kier molecular flexibility index (Phi) is 5.35. The van der Waals surface area contributed by atoms with Gasteiger partial charge in [-0.1, -0.05) is 6.07 Å². The van der Waals surface area contributed by atoms with E-state index in [1.54, 1.807) is 10.9 Å². The number of carbonyl (C=O) groups is 2. The average Bonchev–Trinajstić information content (AvgIpc) is 3.20. The quantitative estimate of drug-likeness (QED) is 0.888. The van der Waals surface area contributed by atoms with Crippen molar-refractivity contribution in [3.63, 3.8) is 0 Å². The second-order valence-corrected chi connectivity index (χ2v) is 6.83. The predicted molar refractivity (Wildman–Crippen MR) is 97.1 cm³/mol. The van der Waals surface area contributed by atoms with E-state index < -0.39 is 0 Å². The number of rotatable bonds is 5. The third-order valence-corrected chi connectivity index (χ3v) is 4.69. The summed E-state index contributed by atoms with van der Waals surface area (Å²) in [6.07, 6.45) is 3.66. The molecule has 0 radical (unpaired) electrons. The summed E-state index contributed by atoms with van der Waals surface area (Å²) < 4.78 is 1.76. The molecule has 0 aliphatic carbocycles. The first-order chi connectivity index (χ1) is 12.4. The van der Waals surface area contributed by atoms with Crippen molar-refractivity contribution in [2.24, 2.45) is 0 Å². The Labute approximate surface area is 153 Å². The number of hydrogen-bond donors (Lipinski definition) is 1. The van der Waals surface area contributed by atoms with E-state index in [0.717, 1.165) is 42.0 Å². The van der Waals surface area contributed by atoms with Crippen LogP contribution in [0.4, 0.5) is 0 Å². The number of aromatic nitrogens is 3. The molecule has 1 atom stereocenters. The monoisotopic (exact) mass is 355 g/mol. The van der Waals surface area contributed by atoms with E-state index in [1.165, 1.54) is 6.92 Å². The molecule has 7 heteroatoms. The molecular formula is C19H25N5O2. The number of carbonyl (C=O) groups excluding carboxylic acids is 2. The molecule has 1 aliphatic rings. The van der Waals surface area contributed by atoms with Crippen LogP contribution in [-0.4, -0.2) is 38.0 Å². The highest BCUT2D eigenvalue weighted by Gasteiger charge is 2.31. The van der Waals surface area contributed by atoms with E-state index in [2.05, 4.69) is 15.4 Å². The van der Waals surface area contributed by atoms with Gasteiger partial charge in [0, 0.05) is 31.9 Å². The number of amides is 2. The van der Waals surface area contributed by atoms with Crippen LogP contribution >= 0.6 is 0 Å². The zero-order valence-corrected chi connectivity index (χ0v) is 15.5. The Morgan fingerprint density at radius 3 is 2.73 bits per heavy atom. The van der Waals surface area contributed by atoms with Gasteiger partial charge in [-0.2, -0.15) is 5.10 Å². The third kappa shape index (κ3) is 4.09. The van der Waals surface area contributed by atoms with E-state index in [1.807, 2.05) is 36.9 Å². The summed E-state index contributed by atoms with van der Waals surface area (Å²) in [6.45, 7) is 6.86. The van der Waals surface area contributed by atoms with Gasteiger partial charge in [0.05, 0.1) is 17.4 Å². The van der Waals surface area contributed by atoms with Gasteiger partial charge in [0.2, 0.25) is 11.8 Å². The van der Waals surface area contributed by atoms with Gasteiger partial charge in [0.25, 0.3) is 0 Å². The van der Waals surface area contributed by atoms with Crippen molar-refractivity contribution in [2.45, 2.75) is 52.7 Å². The summed E-state index contributed by atoms with van der Waals surface area (Å²) in [4.78, 5) is 30.2. The van der Waals surface area contributed by atoms with Gasteiger partial charge >= 0.3 is 0 Å². The Morgan fingerprint density at radius 1 is 1.31 bits per heavy atom. The molecule has 2 aromatic heterocycles. The van der Waals surface area contributed by atoms with E-state index in [-0.39, 0.29) is 24.4 Å². The highest BCUT2D eigenvalue weighted by molar-refractivity contribution is 5.76. The predicted octanol–water partition coefficient (Wildman–Crippen LogP) is 1.89. The number of nitrogens with zero attached hydrogens (tertiary/aromatic N) is 4. The molecule has 1 N–H and O–H groups in total. The van der Waals surface area contributed by atoms with Gasteiger partial charge in [-0.25, -0.2) is 0 Å². The summed E-state index contributed by atoms with van der Waals surface area (Å²) in [5.41, 5.74) is 3.76. The Balaban J connectivity index is 1.68. The van der Waals surface area contributed by atoms with Crippen molar-refractivity contribution >= 4 is 11.8 Å². The van der Waals surface area contributed by atoms with Crippen LogP contribution in [0.1, 0.15) is 48.5 Å². The molecule has 0 spiro atoms. The van der Waals surface area contributed by atoms with Crippen molar-refractivity contribution in [3.05, 3.63) is 47.0 Å². The van der Waals surface area contributed by atoms with Crippen molar-refractivity contribution in [2.75, 3.05) is 6.54 Å². The first-order valence-electron chi connectivity index (χ1n) is 8.94. The van der Waals surface area contributed by atoms with Crippen LogP contribution in [0.5, 0.6) is 0 Å². The lowest BCUT2D eigenvalue weighted by Gasteiger charge is -2.24.